The zero-order chi connectivity index (χ0) is 34.8. The highest BCUT2D eigenvalue weighted by Crippen LogP contribution is 2.15. The SMILES string of the molecule is CCC(CCCON)COCC(COCC(COCC(CC)OCCCN)OCC(CC)OCCCN)OCC(CC)CCCON. The fraction of sp³-hybridized carbons (Fsp3) is 1.00. The summed E-state index contributed by atoms with van der Waals surface area (Å²) in [6.07, 6.45) is 8.66. The molecule has 0 saturated carbocycles. The average Bonchev–Trinajstić information content (AvgIpc) is 3.09. The minimum Gasteiger partial charge on any atom is -0.378 e. The fourth-order valence-corrected chi connectivity index (χ4v) is 4.79. The highest BCUT2D eigenvalue weighted by atomic mass is 16.6. The van der Waals surface area contributed by atoms with Crippen LogP contribution >= 0.6 is 0 Å². The van der Waals surface area contributed by atoms with Gasteiger partial charge in [-0.1, -0.05) is 40.5 Å². The number of rotatable bonds is 38. The maximum absolute atomic E-state index is 6.38. The van der Waals surface area contributed by atoms with Gasteiger partial charge >= 0.3 is 0 Å². The van der Waals surface area contributed by atoms with Crippen LogP contribution in [0.3, 0.4) is 0 Å². The molecule has 6 unspecified atom stereocenters. The van der Waals surface area contributed by atoms with Crippen LogP contribution in [-0.2, 0) is 42.8 Å². The first-order valence-corrected chi connectivity index (χ1v) is 18.2. The van der Waals surface area contributed by atoms with Gasteiger partial charge in [-0.05, 0) is 76.3 Å². The van der Waals surface area contributed by atoms with E-state index in [0.717, 1.165) is 64.2 Å². The van der Waals surface area contributed by atoms with Gasteiger partial charge in [0.05, 0.1) is 65.1 Å². The van der Waals surface area contributed by atoms with Crippen molar-refractivity contribution >= 4 is 0 Å². The van der Waals surface area contributed by atoms with Gasteiger partial charge in [0.2, 0.25) is 0 Å². The van der Waals surface area contributed by atoms with E-state index in [9.17, 15) is 0 Å². The quantitative estimate of drug-likeness (QED) is 0.0548. The molecular formula is C34H74N4O9. The summed E-state index contributed by atoms with van der Waals surface area (Å²) in [6, 6.07) is 0. The van der Waals surface area contributed by atoms with Gasteiger partial charge in [0, 0.05) is 26.4 Å². The van der Waals surface area contributed by atoms with E-state index in [1.54, 1.807) is 0 Å². The Morgan fingerprint density at radius 3 is 1.23 bits per heavy atom. The van der Waals surface area contributed by atoms with Crippen molar-refractivity contribution < 1.29 is 42.8 Å². The van der Waals surface area contributed by atoms with Crippen LogP contribution in [0.5, 0.6) is 0 Å². The molecule has 0 spiro atoms. The molecule has 0 aliphatic heterocycles. The highest BCUT2D eigenvalue weighted by Gasteiger charge is 2.19. The largest absolute Gasteiger partial charge is 0.378 e. The molecule has 0 fully saturated rings. The van der Waals surface area contributed by atoms with Gasteiger partial charge in [-0.2, -0.15) is 0 Å². The molecule has 0 rings (SSSR count). The average molecular weight is 683 g/mol. The number of nitrogens with two attached hydrogens (primary N) is 4. The van der Waals surface area contributed by atoms with Gasteiger partial charge in [0.25, 0.3) is 0 Å². The Morgan fingerprint density at radius 2 is 0.809 bits per heavy atom. The molecule has 0 aromatic rings. The van der Waals surface area contributed by atoms with E-state index in [4.69, 9.17) is 66.1 Å². The zero-order valence-electron chi connectivity index (χ0n) is 30.4. The van der Waals surface area contributed by atoms with Crippen LogP contribution in [0.2, 0.25) is 0 Å². The number of hydrogen-bond donors (Lipinski definition) is 4. The summed E-state index contributed by atoms with van der Waals surface area (Å²) >= 11 is 0. The summed E-state index contributed by atoms with van der Waals surface area (Å²) in [4.78, 5) is 9.48. The minimum absolute atomic E-state index is 0.0127. The fourth-order valence-electron chi connectivity index (χ4n) is 4.79. The van der Waals surface area contributed by atoms with Gasteiger partial charge in [-0.15, -0.1) is 0 Å². The molecule has 0 aliphatic carbocycles. The molecule has 0 amide bonds. The van der Waals surface area contributed by atoms with Crippen molar-refractivity contribution in [1.82, 2.24) is 0 Å². The van der Waals surface area contributed by atoms with Gasteiger partial charge in [-0.3, -0.25) is 0 Å². The van der Waals surface area contributed by atoms with E-state index in [0.29, 0.717) is 104 Å². The van der Waals surface area contributed by atoms with Crippen LogP contribution in [0.15, 0.2) is 0 Å². The Morgan fingerprint density at radius 1 is 0.404 bits per heavy atom. The summed E-state index contributed by atoms with van der Waals surface area (Å²) in [5.74, 6) is 11.3. The molecule has 0 aliphatic rings. The predicted molar refractivity (Wildman–Crippen MR) is 186 cm³/mol. The van der Waals surface area contributed by atoms with Crippen LogP contribution in [-0.4, -0.2) is 117 Å². The second-order valence-electron chi connectivity index (χ2n) is 12.2. The second-order valence-corrected chi connectivity index (χ2v) is 12.2. The van der Waals surface area contributed by atoms with E-state index in [2.05, 4.69) is 27.7 Å². The summed E-state index contributed by atoms with van der Waals surface area (Å²) in [6.45, 7) is 15.8. The molecular weight excluding hydrogens is 608 g/mol. The first-order chi connectivity index (χ1) is 23.0. The lowest BCUT2D eigenvalue weighted by Crippen LogP contribution is -2.34. The topological polar surface area (TPSA) is 187 Å². The van der Waals surface area contributed by atoms with Crippen LogP contribution in [0.1, 0.15) is 91.9 Å². The summed E-state index contributed by atoms with van der Waals surface area (Å²) in [5.41, 5.74) is 11.3. The molecule has 0 radical (unpaired) electrons. The monoisotopic (exact) mass is 683 g/mol. The molecule has 0 bridgehead atoms. The molecule has 284 valence electrons. The van der Waals surface area contributed by atoms with Crippen molar-refractivity contribution in [2.24, 2.45) is 35.1 Å². The van der Waals surface area contributed by atoms with Crippen LogP contribution < -0.4 is 23.3 Å². The Kier molecular flexibility index (Phi) is 34.9. The lowest BCUT2D eigenvalue weighted by atomic mass is 10.0. The second kappa shape index (κ2) is 35.3. The number of ether oxygens (including phenoxy) is 7. The highest BCUT2D eigenvalue weighted by molar-refractivity contribution is 4.66. The summed E-state index contributed by atoms with van der Waals surface area (Å²) < 4.78 is 43.0. The summed E-state index contributed by atoms with van der Waals surface area (Å²) in [5, 5.41) is 0. The van der Waals surface area contributed by atoms with Gasteiger partial charge in [-0.25, -0.2) is 11.8 Å². The zero-order valence-corrected chi connectivity index (χ0v) is 30.4. The maximum atomic E-state index is 6.38. The van der Waals surface area contributed by atoms with Crippen molar-refractivity contribution in [3.8, 4) is 0 Å². The smallest absolute Gasteiger partial charge is 0.104 e. The lowest BCUT2D eigenvalue weighted by Gasteiger charge is -2.26. The Hall–Kier alpha value is -0.520. The van der Waals surface area contributed by atoms with E-state index in [1.165, 1.54) is 0 Å². The van der Waals surface area contributed by atoms with Crippen LogP contribution in [0.25, 0.3) is 0 Å². The van der Waals surface area contributed by atoms with E-state index in [1.807, 2.05) is 0 Å². The van der Waals surface area contributed by atoms with E-state index in [-0.39, 0.29) is 24.4 Å². The Labute approximate surface area is 286 Å². The Bertz CT molecular complexity index is 580. The van der Waals surface area contributed by atoms with Crippen LogP contribution in [0.4, 0.5) is 0 Å². The molecule has 13 nitrogen and oxygen atoms in total. The predicted octanol–water partition coefficient (Wildman–Crippen LogP) is 3.49. The van der Waals surface area contributed by atoms with E-state index < -0.39 is 0 Å². The van der Waals surface area contributed by atoms with E-state index >= 15 is 0 Å². The molecule has 0 aromatic carbocycles. The first-order valence-electron chi connectivity index (χ1n) is 18.2. The van der Waals surface area contributed by atoms with Crippen LogP contribution in [0, 0.1) is 11.8 Å². The molecule has 6 atom stereocenters. The maximum Gasteiger partial charge on any atom is 0.104 e. The third-order valence-electron chi connectivity index (χ3n) is 8.18. The van der Waals surface area contributed by atoms with Gasteiger partial charge in [0.1, 0.15) is 12.2 Å². The molecule has 0 aromatic heterocycles. The molecule has 0 heterocycles. The Balaban J connectivity index is 5.24. The third kappa shape index (κ3) is 27.9. The van der Waals surface area contributed by atoms with Crippen molar-refractivity contribution in [1.29, 1.82) is 0 Å². The van der Waals surface area contributed by atoms with Crippen molar-refractivity contribution in [3.05, 3.63) is 0 Å². The summed E-state index contributed by atoms with van der Waals surface area (Å²) in [7, 11) is 0. The molecule has 8 N–H and O–H groups in total. The third-order valence-corrected chi connectivity index (χ3v) is 8.18. The van der Waals surface area contributed by atoms with Gasteiger partial charge in [0.15, 0.2) is 0 Å². The van der Waals surface area contributed by atoms with Crippen molar-refractivity contribution in [3.63, 3.8) is 0 Å². The first kappa shape index (κ1) is 46.5. The van der Waals surface area contributed by atoms with Crippen molar-refractivity contribution in [2.75, 3.05) is 92.4 Å². The normalized spacial score (nSPS) is 15.8. The molecule has 13 heteroatoms. The molecule has 0 saturated heterocycles. The lowest BCUT2D eigenvalue weighted by molar-refractivity contribution is -0.121. The minimum atomic E-state index is -0.279. The number of hydrogen-bond acceptors (Lipinski definition) is 13. The molecule has 47 heavy (non-hydrogen) atoms. The van der Waals surface area contributed by atoms with Crippen molar-refractivity contribution in [2.45, 2.75) is 116 Å². The standard InChI is InChI=1S/C34H74N4O9/c1-5-29(13-9-19-46-37)21-39-24-33(44-22-30(6-2)14-10-20-47-38)25-41-27-34(45-28-32(8-4)43-18-12-16-36)26-40-23-31(7-3)42-17-11-15-35/h29-34H,5-28,35-38H2,1-4H3. The van der Waals surface area contributed by atoms with Gasteiger partial charge < -0.3 is 54.3 Å².